The zero-order chi connectivity index (χ0) is 15.5. The van der Waals surface area contributed by atoms with Gasteiger partial charge in [0.25, 0.3) is 0 Å². The summed E-state index contributed by atoms with van der Waals surface area (Å²) in [4.78, 5) is 4.27. The van der Waals surface area contributed by atoms with Crippen molar-refractivity contribution < 1.29 is 0 Å². The summed E-state index contributed by atoms with van der Waals surface area (Å²) in [6.45, 7) is 6.81. The van der Waals surface area contributed by atoms with E-state index in [4.69, 9.17) is 28.9 Å². The van der Waals surface area contributed by atoms with Crippen LogP contribution in [-0.4, -0.2) is 18.3 Å². The zero-order valence-electron chi connectivity index (χ0n) is 12.0. The van der Waals surface area contributed by atoms with Crippen molar-refractivity contribution in [2.24, 2.45) is 10.7 Å². The average molecular weight is 324 g/mol. The van der Waals surface area contributed by atoms with Crippen LogP contribution in [0.3, 0.4) is 0 Å². The Bertz CT molecular complexity index is 581. The maximum atomic E-state index is 6.03. The molecule has 0 atom stereocenters. The number of rotatable bonds is 6. The maximum absolute atomic E-state index is 6.03. The molecule has 1 aromatic carbocycles. The minimum Gasteiger partial charge on any atom is -0.404 e. The molecule has 2 rings (SSSR count). The summed E-state index contributed by atoms with van der Waals surface area (Å²) < 4.78 is 0. The molecule has 1 fully saturated rings. The highest BCUT2D eigenvalue weighted by molar-refractivity contribution is 6.34. The van der Waals surface area contributed by atoms with Gasteiger partial charge in [-0.15, -0.1) is 0 Å². The van der Waals surface area contributed by atoms with Gasteiger partial charge in [0, 0.05) is 40.3 Å². The molecular formula is C16H19Cl2N3. The number of hydrogen-bond donors (Lipinski definition) is 2. The van der Waals surface area contributed by atoms with E-state index in [1.54, 1.807) is 12.3 Å². The van der Waals surface area contributed by atoms with Crippen molar-refractivity contribution in [3.8, 4) is 0 Å². The number of aliphatic imine (C=N–C) groups is 1. The van der Waals surface area contributed by atoms with Crippen molar-refractivity contribution in [2.45, 2.75) is 25.3 Å². The van der Waals surface area contributed by atoms with Crippen molar-refractivity contribution in [3.05, 3.63) is 52.2 Å². The highest BCUT2D eigenvalue weighted by atomic mass is 35.5. The summed E-state index contributed by atoms with van der Waals surface area (Å²) in [6, 6.07) is 5.38. The molecule has 0 amide bonds. The van der Waals surface area contributed by atoms with Crippen LogP contribution in [0.25, 0.3) is 5.70 Å². The van der Waals surface area contributed by atoms with Gasteiger partial charge >= 0.3 is 0 Å². The summed E-state index contributed by atoms with van der Waals surface area (Å²) in [7, 11) is 0. The zero-order valence-corrected chi connectivity index (χ0v) is 13.5. The topological polar surface area (TPSA) is 50.4 Å². The van der Waals surface area contributed by atoms with Gasteiger partial charge in [-0.3, -0.25) is 4.99 Å². The Balaban J connectivity index is 2.17. The fourth-order valence-corrected chi connectivity index (χ4v) is 2.74. The van der Waals surface area contributed by atoms with Gasteiger partial charge in [-0.1, -0.05) is 29.8 Å². The quantitative estimate of drug-likeness (QED) is 0.777. The molecule has 0 heterocycles. The Morgan fingerprint density at radius 3 is 2.48 bits per heavy atom. The molecule has 21 heavy (non-hydrogen) atoms. The second kappa shape index (κ2) is 6.54. The summed E-state index contributed by atoms with van der Waals surface area (Å²) in [5, 5.41) is 4.63. The van der Waals surface area contributed by atoms with Crippen LogP contribution in [0.15, 0.2) is 41.5 Å². The van der Waals surface area contributed by atoms with Gasteiger partial charge in [-0.25, -0.2) is 0 Å². The third kappa shape index (κ3) is 3.80. The van der Waals surface area contributed by atoms with E-state index in [0.717, 1.165) is 36.2 Å². The largest absolute Gasteiger partial charge is 0.404 e. The molecule has 0 radical (unpaired) electrons. The van der Waals surface area contributed by atoms with Crippen LogP contribution < -0.4 is 11.1 Å². The molecule has 5 heteroatoms. The first kappa shape index (κ1) is 15.9. The normalized spacial score (nSPS) is 17.0. The molecule has 0 bridgehead atoms. The van der Waals surface area contributed by atoms with E-state index in [1.807, 2.05) is 25.3 Å². The van der Waals surface area contributed by atoms with E-state index in [0.29, 0.717) is 10.0 Å². The summed E-state index contributed by atoms with van der Waals surface area (Å²) in [5.41, 5.74) is 8.21. The Hall–Kier alpha value is -1.45. The number of nitrogens with one attached hydrogen (secondary N) is 1. The van der Waals surface area contributed by atoms with Crippen LogP contribution in [0, 0.1) is 0 Å². The minimum atomic E-state index is -0.167. The molecule has 1 aliphatic carbocycles. The van der Waals surface area contributed by atoms with Crippen LogP contribution in [0.2, 0.25) is 10.0 Å². The first-order valence-electron chi connectivity index (χ1n) is 6.86. The second-order valence-corrected chi connectivity index (χ2v) is 5.97. The average Bonchev–Trinajstić information content (AvgIpc) is 3.19. The summed E-state index contributed by atoms with van der Waals surface area (Å²) in [6.07, 6.45) is 5.44. The van der Waals surface area contributed by atoms with Gasteiger partial charge in [0.05, 0.1) is 5.54 Å². The molecule has 1 aliphatic rings. The van der Waals surface area contributed by atoms with Crippen LogP contribution in [0.4, 0.5) is 0 Å². The number of hydrogen-bond acceptors (Lipinski definition) is 3. The minimum absolute atomic E-state index is 0.167. The van der Waals surface area contributed by atoms with E-state index in [-0.39, 0.29) is 5.54 Å². The van der Waals surface area contributed by atoms with Crippen molar-refractivity contribution in [3.63, 3.8) is 0 Å². The number of benzene rings is 1. The highest BCUT2D eigenvalue weighted by Crippen LogP contribution is 2.43. The van der Waals surface area contributed by atoms with E-state index in [9.17, 15) is 0 Å². The highest BCUT2D eigenvalue weighted by Gasteiger charge is 2.45. The van der Waals surface area contributed by atoms with Crippen molar-refractivity contribution >= 4 is 35.1 Å². The fraction of sp³-hybridized carbons (Fsp3) is 0.312. The van der Waals surface area contributed by atoms with Crippen molar-refractivity contribution in [2.75, 3.05) is 6.54 Å². The number of halogens is 2. The molecule has 3 N–H and O–H groups in total. The Morgan fingerprint density at radius 1 is 1.38 bits per heavy atom. The third-order valence-electron chi connectivity index (χ3n) is 3.50. The Kier molecular flexibility index (Phi) is 4.96. The van der Waals surface area contributed by atoms with Gasteiger partial charge in [-0.05, 0) is 43.5 Å². The van der Waals surface area contributed by atoms with Crippen LogP contribution in [0.5, 0.6) is 0 Å². The maximum Gasteiger partial charge on any atom is 0.0656 e. The second-order valence-electron chi connectivity index (χ2n) is 5.09. The smallest absolute Gasteiger partial charge is 0.0656 e. The van der Waals surface area contributed by atoms with Crippen LogP contribution in [-0.2, 0) is 0 Å². The molecule has 112 valence electrons. The van der Waals surface area contributed by atoms with Gasteiger partial charge < -0.3 is 11.1 Å². The lowest BCUT2D eigenvalue weighted by Crippen LogP contribution is -2.32. The number of nitrogens with two attached hydrogens (primary N) is 1. The molecule has 0 aromatic heterocycles. The lowest BCUT2D eigenvalue weighted by molar-refractivity contribution is 0.704. The van der Waals surface area contributed by atoms with Crippen LogP contribution >= 0.6 is 23.2 Å². The van der Waals surface area contributed by atoms with Gasteiger partial charge in [0.1, 0.15) is 0 Å². The fourth-order valence-electron chi connectivity index (χ4n) is 2.22. The molecule has 0 unspecified atom stereocenters. The molecule has 0 spiro atoms. The van der Waals surface area contributed by atoms with E-state index < -0.39 is 0 Å². The van der Waals surface area contributed by atoms with Gasteiger partial charge in [-0.2, -0.15) is 0 Å². The van der Waals surface area contributed by atoms with Crippen LogP contribution in [0.1, 0.15) is 25.3 Å². The molecule has 0 aliphatic heterocycles. The van der Waals surface area contributed by atoms with E-state index >= 15 is 0 Å². The Labute approximate surface area is 135 Å². The molecule has 0 saturated heterocycles. The predicted octanol–water partition coefficient (Wildman–Crippen LogP) is 4.02. The van der Waals surface area contributed by atoms with Crippen molar-refractivity contribution in [1.82, 2.24) is 5.32 Å². The summed E-state index contributed by atoms with van der Waals surface area (Å²) in [5.74, 6) is 0. The van der Waals surface area contributed by atoms with E-state index in [2.05, 4.69) is 16.9 Å². The summed E-state index contributed by atoms with van der Waals surface area (Å²) >= 11 is 12.1. The molecule has 1 saturated carbocycles. The van der Waals surface area contributed by atoms with Gasteiger partial charge in [0.2, 0.25) is 0 Å². The van der Waals surface area contributed by atoms with Gasteiger partial charge in [0.15, 0.2) is 0 Å². The first-order chi connectivity index (χ1) is 10.0. The SMILES string of the molecule is C=C(NC1(/C(C=NCC)=C/N)CC1)c1cc(Cl)cc(Cl)c1. The first-order valence-corrected chi connectivity index (χ1v) is 7.62. The van der Waals surface area contributed by atoms with E-state index in [1.165, 1.54) is 0 Å². The number of nitrogens with zero attached hydrogens (tertiary/aromatic N) is 1. The third-order valence-corrected chi connectivity index (χ3v) is 3.93. The molecule has 1 aromatic rings. The molecular weight excluding hydrogens is 305 g/mol. The monoisotopic (exact) mass is 323 g/mol. The lowest BCUT2D eigenvalue weighted by atomic mass is 10.1. The van der Waals surface area contributed by atoms with Crippen molar-refractivity contribution in [1.29, 1.82) is 0 Å². The standard InChI is InChI=1S/C16H19Cl2N3/c1-3-20-10-13(9-19)16(4-5-16)21-11(2)12-6-14(17)8-15(18)7-12/h6-10,21H,2-5,19H2,1H3/b13-9+,20-10?. The molecule has 3 nitrogen and oxygen atoms in total. The Morgan fingerprint density at radius 2 is 2.00 bits per heavy atom. The lowest BCUT2D eigenvalue weighted by Gasteiger charge is -2.21. The predicted molar refractivity (Wildman–Crippen MR) is 91.9 cm³/mol.